The van der Waals surface area contributed by atoms with Gasteiger partial charge in [0.05, 0.1) is 42.1 Å². The number of ether oxygens (including phenoxy) is 2. The maximum Gasteiger partial charge on any atom is 0.313 e. The maximum atomic E-state index is 15.2. The number of esters is 1. The zero-order valence-electron chi connectivity index (χ0n) is 31.7. The fraction of sp³-hybridized carbons (Fsp3) is 0.395. The predicted molar refractivity (Wildman–Crippen MR) is 207 cm³/mol. The summed E-state index contributed by atoms with van der Waals surface area (Å²) in [5.74, 6) is -3.79. The van der Waals surface area contributed by atoms with Gasteiger partial charge >= 0.3 is 5.97 Å². The third-order valence-electron chi connectivity index (χ3n) is 11.7. The summed E-state index contributed by atoms with van der Waals surface area (Å²) in [6.07, 6.45) is 3.24. The second-order valence-corrected chi connectivity index (χ2v) is 14.8. The van der Waals surface area contributed by atoms with Gasteiger partial charge in [0.15, 0.2) is 0 Å². The molecule has 1 aromatic heterocycles. The summed E-state index contributed by atoms with van der Waals surface area (Å²) in [6.45, 7) is 9.10. The molecule has 0 saturated carbocycles. The topological polar surface area (TPSA) is 147 Å². The minimum absolute atomic E-state index is 0.00432. The van der Waals surface area contributed by atoms with E-state index in [0.717, 1.165) is 5.52 Å². The first-order chi connectivity index (χ1) is 27.1. The molecule has 292 valence electrons. The minimum Gasteiger partial charge on any atom is -0.455 e. The Morgan fingerprint density at radius 3 is 2.38 bits per heavy atom. The van der Waals surface area contributed by atoms with Crippen LogP contribution in [0.3, 0.4) is 0 Å². The number of carbonyl (C=O) groups excluding carboxylic acids is 4. The highest BCUT2D eigenvalue weighted by atomic mass is 16.6. The molecule has 4 heterocycles. The van der Waals surface area contributed by atoms with Crippen molar-refractivity contribution in [2.24, 2.45) is 11.8 Å². The third-order valence-corrected chi connectivity index (χ3v) is 11.7. The molecule has 1 spiro atoms. The van der Waals surface area contributed by atoms with Crippen LogP contribution in [0.5, 0.6) is 0 Å². The van der Waals surface area contributed by atoms with Crippen LogP contribution >= 0.6 is 0 Å². The Labute approximate surface area is 326 Å². The number of allylic oxidation sites excluding steroid dienone is 1. The molecular formula is C43H48N6O7. The number of likely N-dealkylation sites (tertiary alicyclic amines) is 1. The summed E-state index contributed by atoms with van der Waals surface area (Å²) >= 11 is 0. The van der Waals surface area contributed by atoms with Gasteiger partial charge in [0.2, 0.25) is 17.7 Å². The molecule has 3 saturated heterocycles. The molecule has 0 aliphatic carbocycles. The molecule has 3 aromatic carbocycles. The Balaban J connectivity index is 1.26. The van der Waals surface area contributed by atoms with Crippen molar-refractivity contribution in [1.29, 1.82) is 0 Å². The number of hydrogen-bond acceptors (Lipinski definition) is 9. The van der Waals surface area contributed by atoms with Crippen molar-refractivity contribution in [3.8, 4) is 0 Å². The van der Waals surface area contributed by atoms with Gasteiger partial charge in [0.1, 0.15) is 29.9 Å². The first-order valence-corrected chi connectivity index (χ1v) is 19.1. The third kappa shape index (κ3) is 6.79. The lowest BCUT2D eigenvalue weighted by Gasteiger charge is -2.39. The molecule has 0 unspecified atom stereocenters. The second kappa shape index (κ2) is 16.2. The molecule has 8 atom stereocenters. The monoisotopic (exact) mass is 760 g/mol. The van der Waals surface area contributed by atoms with Crippen LogP contribution in [0.25, 0.3) is 11.0 Å². The van der Waals surface area contributed by atoms with Gasteiger partial charge in [-0.05, 0) is 49.4 Å². The molecule has 13 nitrogen and oxygen atoms in total. The number of aliphatic hydroxyl groups is 1. The van der Waals surface area contributed by atoms with Crippen LogP contribution in [0.2, 0.25) is 0 Å². The number of carbonyl (C=O) groups is 4. The Morgan fingerprint density at radius 2 is 1.70 bits per heavy atom. The lowest BCUT2D eigenvalue weighted by atomic mass is 9.70. The van der Waals surface area contributed by atoms with Crippen molar-refractivity contribution in [2.45, 2.75) is 75.2 Å². The van der Waals surface area contributed by atoms with Crippen molar-refractivity contribution < 1.29 is 33.8 Å². The van der Waals surface area contributed by atoms with Gasteiger partial charge in [0.25, 0.3) is 0 Å². The average molecular weight is 761 g/mol. The summed E-state index contributed by atoms with van der Waals surface area (Å²) < 4.78 is 14.8. The van der Waals surface area contributed by atoms with Gasteiger partial charge in [-0.15, -0.1) is 18.3 Å². The van der Waals surface area contributed by atoms with E-state index in [1.54, 1.807) is 57.9 Å². The smallest absolute Gasteiger partial charge is 0.313 e. The van der Waals surface area contributed by atoms with Crippen LogP contribution in [0.15, 0.2) is 110 Å². The molecule has 56 heavy (non-hydrogen) atoms. The fourth-order valence-electron chi connectivity index (χ4n) is 8.86. The number of fused-ring (bicyclic) bond motifs is 2. The number of para-hydroxylation sites is 1. The van der Waals surface area contributed by atoms with E-state index in [0.29, 0.717) is 35.9 Å². The van der Waals surface area contributed by atoms with E-state index in [2.05, 4.69) is 23.5 Å². The number of likely N-dealkylation sites (N-methyl/N-ethyl adjacent to an activating group) is 1. The largest absolute Gasteiger partial charge is 0.455 e. The maximum absolute atomic E-state index is 15.2. The van der Waals surface area contributed by atoms with Crippen LogP contribution in [-0.4, -0.2) is 102 Å². The zero-order chi connectivity index (χ0) is 39.6. The van der Waals surface area contributed by atoms with Gasteiger partial charge in [-0.3, -0.25) is 19.2 Å². The highest BCUT2D eigenvalue weighted by Gasteiger charge is 2.76. The molecule has 13 heteroatoms. The summed E-state index contributed by atoms with van der Waals surface area (Å²) in [6, 6.07) is 23.0. The van der Waals surface area contributed by atoms with Crippen molar-refractivity contribution >= 4 is 34.7 Å². The number of rotatable bonds is 16. The molecule has 3 aliphatic rings. The summed E-state index contributed by atoms with van der Waals surface area (Å²) in [4.78, 5) is 62.6. The Morgan fingerprint density at radius 1 is 1.02 bits per heavy atom. The first-order valence-electron chi connectivity index (χ1n) is 19.1. The molecule has 1 N–H and O–H groups in total. The van der Waals surface area contributed by atoms with Crippen LogP contribution in [0.1, 0.15) is 55.9 Å². The number of nitrogens with zero attached hydrogens (tertiary/aromatic N) is 6. The number of hydrogen-bond donors (Lipinski definition) is 1. The van der Waals surface area contributed by atoms with Crippen molar-refractivity contribution in [1.82, 2.24) is 29.7 Å². The first kappa shape index (κ1) is 38.6. The molecule has 3 amide bonds. The van der Waals surface area contributed by atoms with Crippen LogP contribution in [0.4, 0.5) is 0 Å². The lowest BCUT2D eigenvalue weighted by Crippen LogP contribution is -2.57. The van der Waals surface area contributed by atoms with E-state index in [-0.39, 0.29) is 25.5 Å². The van der Waals surface area contributed by atoms with Gasteiger partial charge in [-0.1, -0.05) is 90.2 Å². The molecular weight excluding hydrogens is 713 g/mol. The summed E-state index contributed by atoms with van der Waals surface area (Å²) in [5, 5.41) is 19.5. The number of aliphatic hydroxyl groups excluding tert-OH is 1. The van der Waals surface area contributed by atoms with Gasteiger partial charge in [0, 0.05) is 20.0 Å². The van der Waals surface area contributed by atoms with Crippen molar-refractivity contribution in [3.05, 3.63) is 121 Å². The van der Waals surface area contributed by atoms with E-state index in [1.807, 2.05) is 67.6 Å². The number of aromatic nitrogens is 3. The molecule has 0 radical (unpaired) electrons. The number of amides is 3. The Kier molecular flexibility index (Phi) is 11.2. The second-order valence-electron chi connectivity index (χ2n) is 14.8. The van der Waals surface area contributed by atoms with E-state index in [9.17, 15) is 14.7 Å². The average Bonchev–Trinajstić information content (AvgIpc) is 3.98. The summed E-state index contributed by atoms with van der Waals surface area (Å²) in [7, 11) is 1.68. The number of benzene rings is 3. The van der Waals surface area contributed by atoms with E-state index in [4.69, 9.17) is 9.47 Å². The SMILES string of the molecule is C=CCCC(=O)N(C)[C@@H](C)[C@@H](OC(=O)[C@@H]1[C@@H]2CC[C@]3(O2)[C@H](C(=O)N(CC=C)Cn2nnc4ccccc42)N([C@H](CO)c2ccccc2)C(=O)[C@@H]13)c1ccccc1. The molecule has 3 fully saturated rings. The van der Waals surface area contributed by atoms with Crippen LogP contribution in [0, 0.1) is 11.8 Å². The Bertz CT molecular complexity index is 2090. The van der Waals surface area contributed by atoms with Gasteiger partial charge in [-0.2, -0.15) is 0 Å². The van der Waals surface area contributed by atoms with Crippen molar-refractivity contribution in [2.75, 3.05) is 20.2 Å². The van der Waals surface area contributed by atoms with E-state index in [1.165, 1.54) is 4.90 Å². The van der Waals surface area contributed by atoms with Crippen molar-refractivity contribution in [3.63, 3.8) is 0 Å². The minimum atomic E-state index is -1.39. The lowest BCUT2D eigenvalue weighted by molar-refractivity contribution is -0.165. The zero-order valence-corrected chi connectivity index (χ0v) is 31.7. The normalized spacial score (nSPS) is 24.0. The van der Waals surface area contributed by atoms with Crippen LogP contribution < -0.4 is 0 Å². The van der Waals surface area contributed by atoms with Gasteiger partial charge < -0.3 is 29.3 Å². The highest BCUT2D eigenvalue weighted by Crippen LogP contribution is 2.60. The molecule has 7 rings (SSSR count). The highest BCUT2D eigenvalue weighted by molar-refractivity contribution is 5.98. The standard InChI is InChI=1S/C43H48N6O7/c1-5-7-22-35(51)46(4)28(3)38(30-18-12-9-13-19-30)55-42(54)36-34-23-24-43(56-34)37(36)40(52)49(33(26-50)29-16-10-8-11-17-29)39(43)41(53)47(25-6-2)27-48-32-21-15-14-20-31(32)44-45-48/h5-6,8-21,28,33-34,36-39,50H,1-2,7,22-27H2,3-4H3/t28-,33+,34-,36+,37+,38+,39-,43+/m0/s1. The van der Waals surface area contributed by atoms with Crippen LogP contribution in [-0.2, 0) is 35.3 Å². The van der Waals surface area contributed by atoms with Gasteiger partial charge in [-0.25, -0.2) is 4.68 Å². The predicted octanol–water partition coefficient (Wildman–Crippen LogP) is 4.61. The quantitative estimate of drug-likeness (QED) is 0.128. The van der Waals surface area contributed by atoms with E-state index >= 15 is 9.59 Å². The van der Waals surface area contributed by atoms with E-state index < -0.39 is 72.2 Å². The Hall–Kier alpha value is -5.66. The summed E-state index contributed by atoms with van der Waals surface area (Å²) in [5.41, 5.74) is 1.31. The molecule has 4 aromatic rings. The fourth-order valence-corrected chi connectivity index (χ4v) is 8.86. The molecule has 3 aliphatic heterocycles. The molecule has 2 bridgehead atoms.